The van der Waals surface area contributed by atoms with Gasteiger partial charge in [-0.2, -0.15) is 0 Å². The van der Waals surface area contributed by atoms with E-state index in [1.807, 2.05) is 12.1 Å². The lowest BCUT2D eigenvalue weighted by molar-refractivity contribution is 0.467. The van der Waals surface area contributed by atoms with Gasteiger partial charge >= 0.3 is 0 Å². The Labute approximate surface area is 89.1 Å². The highest BCUT2D eigenvalue weighted by Gasteiger charge is 2.03. The lowest BCUT2D eigenvalue weighted by Crippen LogP contribution is -1.88. The number of hydrogen-bond donors (Lipinski definition) is 1. The minimum atomic E-state index is 0.380. The number of hydrogen-bond acceptors (Lipinski definition) is 1. The first-order valence-electron chi connectivity index (χ1n) is 3.78. The van der Waals surface area contributed by atoms with Crippen LogP contribution in [-0.4, -0.2) is 10.4 Å². The van der Waals surface area contributed by atoms with Crippen LogP contribution in [0.1, 0.15) is 12.0 Å². The summed E-state index contributed by atoms with van der Waals surface area (Å²) in [6.07, 6.45) is 1.94. The summed E-state index contributed by atoms with van der Waals surface area (Å²) in [7, 11) is 0. The molecule has 1 aromatic rings. The maximum Gasteiger partial charge on any atom is 0.119 e. The molecule has 0 aliphatic carbocycles. The Morgan fingerprint density at radius 2 is 2.08 bits per heavy atom. The Bertz CT molecular complexity index is 240. The zero-order valence-electron chi connectivity index (χ0n) is 6.56. The summed E-state index contributed by atoms with van der Waals surface area (Å²) in [6.45, 7) is 0. The molecule has 66 valence electrons. The van der Waals surface area contributed by atoms with Crippen molar-refractivity contribution in [2.24, 2.45) is 0 Å². The number of benzene rings is 1. The Morgan fingerprint density at radius 3 is 2.67 bits per heavy atom. The molecule has 0 aromatic heterocycles. The summed E-state index contributed by atoms with van der Waals surface area (Å²) >= 11 is 6.76. The standard InChI is InChI=1S/C9H10Br2O/c10-6-2-3-7-8(11)4-1-5-9(7)12/h1,4-5,12H,2-3,6H2. The van der Waals surface area contributed by atoms with Crippen molar-refractivity contribution in [3.63, 3.8) is 0 Å². The fourth-order valence-corrected chi connectivity index (χ4v) is 1.87. The van der Waals surface area contributed by atoms with E-state index in [0.717, 1.165) is 28.2 Å². The fourth-order valence-electron chi connectivity index (χ4n) is 1.04. The Morgan fingerprint density at radius 1 is 1.33 bits per heavy atom. The SMILES string of the molecule is Oc1cccc(Br)c1CCCBr. The smallest absolute Gasteiger partial charge is 0.119 e. The van der Waals surface area contributed by atoms with Gasteiger partial charge < -0.3 is 5.11 Å². The van der Waals surface area contributed by atoms with Crippen LogP contribution in [0.3, 0.4) is 0 Å². The minimum Gasteiger partial charge on any atom is -0.508 e. The lowest BCUT2D eigenvalue weighted by atomic mass is 10.1. The summed E-state index contributed by atoms with van der Waals surface area (Å²) in [4.78, 5) is 0. The van der Waals surface area contributed by atoms with Crippen LogP contribution in [0, 0.1) is 0 Å². The van der Waals surface area contributed by atoms with Crippen LogP contribution in [-0.2, 0) is 6.42 Å². The van der Waals surface area contributed by atoms with Crippen LogP contribution in [0.15, 0.2) is 22.7 Å². The average Bonchev–Trinajstić information content (AvgIpc) is 2.04. The molecule has 0 atom stereocenters. The van der Waals surface area contributed by atoms with Gasteiger partial charge in [-0.1, -0.05) is 37.9 Å². The van der Waals surface area contributed by atoms with Crippen molar-refractivity contribution in [2.45, 2.75) is 12.8 Å². The van der Waals surface area contributed by atoms with Gasteiger partial charge in [-0.3, -0.25) is 0 Å². The van der Waals surface area contributed by atoms with Gasteiger partial charge in [-0.05, 0) is 25.0 Å². The summed E-state index contributed by atoms with van der Waals surface area (Å²) in [6, 6.07) is 5.49. The molecule has 0 unspecified atom stereocenters. The highest BCUT2D eigenvalue weighted by atomic mass is 79.9. The van der Waals surface area contributed by atoms with E-state index >= 15 is 0 Å². The van der Waals surface area contributed by atoms with Crippen molar-refractivity contribution < 1.29 is 5.11 Å². The molecule has 0 fully saturated rings. The quantitative estimate of drug-likeness (QED) is 0.846. The van der Waals surface area contributed by atoms with Crippen LogP contribution in [0.4, 0.5) is 0 Å². The fraction of sp³-hybridized carbons (Fsp3) is 0.333. The first-order valence-corrected chi connectivity index (χ1v) is 5.69. The predicted octanol–water partition coefficient (Wildman–Crippen LogP) is 3.48. The summed E-state index contributed by atoms with van der Waals surface area (Å²) in [5, 5.41) is 10.4. The molecule has 0 spiro atoms. The molecule has 0 aliphatic heterocycles. The Balaban J connectivity index is 2.81. The van der Waals surface area contributed by atoms with Gasteiger partial charge in [-0.15, -0.1) is 0 Å². The van der Waals surface area contributed by atoms with Crippen LogP contribution >= 0.6 is 31.9 Å². The van der Waals surface area contributed by atoms with E-state index in [9.17, 15) is 5.11 Å². The normalized spacial score (nSPS) is 10.2. The summed E-state index contributed by atoms with van der Waals surface area (Å²) < 4.78 is 0.989. The zero-order chi connectivity index (χ0) is 8.97. The van der Waals surface area contributed by atoms with E-state index in [4.69, 9.17) is 0 Å². The predicted molar refractivity (Wildman–Crippen MR) is 57.9 cm³/mol. The van der Waals surface area contributed by atoms with Crippen molar-refractivity contribution >= 4 is 31.9 Å². The van der Waals surface area contributed by atoms with E-state index in [1.165, 1.54) is 0 Å². The second-order valence-electron chi connectivity index (χ2n) is 2.53. The average molecular weight is 294 g/mol. The van der Waals surface area contributed by atoms with Gasteiger partial charge in [0.15, 0.2) is 0 Å². The minimum absolute atomic E-state index is 0.380. The van der Waals surface area contributed by atoms with Crippen molar-refractivity contribution in [1.29, 1.82) is 0 Å². The third-order valence-electron chi connectivity index (χ3n) is 1.65. The molecule has 1 aromatic carbocycles. The molecule has 12 heavy (non-hydrogen) atoms. The number of phenols is 1. The highest BCUT2D eigenvalue weighted by Crippen LogP contribution is 2.26. The first kappa shape index (κ1) is 10.1. The van der Waals surface area contributed by atoms with Crippen molar-refractivity contribution in [1.82, 2.24) is 0 Å². The number of halogens is 2. The highest BCUT2D eigenvalue weighted by molar-refractivity contribution is 9.10. The maximum absolute atomic E-state index is 9.47. The van der Waals surface area contributed by atoms with E-state index < -0.39 is 0 Å². The molecule has 1 nitrogen and oxygen atoms in total. The lowest BCUT2D eigenvalue weighted by Gasteiger charge is -2.04. The molecular weight excluding hydrogens is 284 g/mol. The summed E-state index contributed by atoms with van der Waals surface area (Å²) in [5.74, 6) is 0.380. The van der Waals surface area contributed by atoms with Crippen LogP contribution in [0.25, 0.3) is 0 Å². The van der Waals surface area contributed by atoms with Crippen LogP contribution in [0.5, 0.6) is 5.75 Å². The number of phenolic OH excluding ortho intramolecular Hbond substituents is 1. The van der Waals surface area contributed by atoms with Gasteiger partial charge in [0.1, 0.15) is 5.75 Å². The third-order valence-corrected chi connectivity index (χ3v) is 2.96. The molecule has 3 heteroatoms. The molecule has 0 saturated carbocycles. The second-order valence-corrected chi connectivity index (χ2v) is 4.18. The van der Waals surface area contributed by atoms with E-state index in [1.54, 1.807) is 6.07 Å². The second kappa shape index (κ2) is 4.87. The topological polar surface area (TPSA) is 20.2 Å². The maximum atomic E-state index is 9.47. The zero-order valence-corrected chi connectivity index (χ0v) is 9.73. The molecule has 0 bridgehead atoms. The molecule has 0 radical (unpaired) electrons. The van der Waals surface area contributed by atoms with Crippen molar-refractivity contribution in [2.75, 3.05) is 5.33 Å². The van der Waals surface area contributed by atoms with Gasteiger partial charge in [0.25, 0.3) is 0 Å². The Kier molecular flexibility index (Phi) is 4.09. The van der Waals surface area contributed by atoms with Crippen LogP contribution < -0.4 is 0 Å². The molecule has 0 amide bonds. The number of aromatic hydroxyl groups is 1. The van der Waals surface area contributed by atoms with Gasteiger partial charge in [-0.25, -0.2) is 0 Å². The van der Waals surface area contributed by atoms with Gasteiger partial charge in [0, 0.05) is 15.4 Å². The molecule has 0 aliphatic rings. The van der Waals surface area contributed by atoms with Crippen molar-refractivity contribution in [3.05, 3.63) is 28.2 Å². The monoisotopic (exact) mass is 292 g/mol. The molecule has 0 heterocycles. The molecular formula is C9H10Br2O. The third kappa shape index (κ3) is 2.49. The first-order chi connectivity index (χ1) is 5.75. The molecule has 0 saturated heterocycles. The Hall–Kier alpha value is -0.0200. The van der Waals surface area contributed by atoms with Crippen LogP contribution in [0.2, 0.25) is 0 Å². The number of alkyl halides is 1. The van der Waals surface area contributed by atoms with E-state index in [0.29, 0.717) is 5.75 Å². The van der Waals surface area contributed by atoms with Gasteiger partial charge in [0.2, 0.25) is 0 Å². The van der Waals surface area contributed by atoms with E-state index in [2.05, 4.69) is 31.9 Å². The van der Waals surface area contributed by atoms with E-state index in [-0.39, 0.29) is 0 Å². The molecule has 1 rings (SSSR count). The molecule has 1 N–H and O–H groups in total. The number of rotatable bonds is 3. The van der Waals surface area contributed by atoms with Crippen molar-refractivity contribution in [3.8, 4) is 5.75 Å². The summed E-state index contributed by atoms with van der Waals surface area (Å²) in [5.41, 5.74) is 0.997. The largest absolute Gasteiger partial charge is 0.508 e. The van der Waals surface area contributed by atoms with Gasteiger partial charge in [0.05, 0.1) is 0 Å².